The van der Waals surface area contributed by atoms with Crippen molar-refractivity contribution in [2.24, 2.45) is 0 Å². The van der Waals surface area contributed by atoms with Crippen LogP contribution >= 0.6 is 0 Å². The normalized spacial score (nSPS) is 28.4. The minimum atomic E-state index is -0.00324. The third-order valence-corrected chi connectivity index (χ3v) is 4.01. The van der Waals surface area contributed by atoms with Gasteiger partial charge in [0.2, 0.25) is 0 Å². The van der Waals surface area contributed by atoms with Crippen molar-refractivity contribution in [2.45, 2.75) is 43.9 Å². The van der Waals surface area contributed by atoms with Crippen molar-refractivity contribution in [3.05, 3.63) is 29.3 Å². The van der Waals surface area contributed by atoms with Crippen LogP contribution in [0.25, 0.3) is 0 Å². The van der Waals surface area contributed by atoms with Gasteiger partial charge >= 0.3 is 0 Å². The molecular formula is C14H16O2. The molecule has 0 radical (unpaired) electrons. The number of Topliss-reactive ketones (excluding diaryl/α,β-unsaturated/α-hetero) is 1. The summed E-state index contributed by atoms with van der Waals surface area (Å²) in [6.45, 7) is 0. The summed E-state index contributed by atoms with van der Waals surface area (Å²) in [4.78, 5) is 12.0. The summed E-state index contributed by atoms with van der Waals surface area (Å²) < 4.78 is 0. The average molecular weight is 216 g/mol. The molecule has 1 fully saturated rings. The molecule has 1 aromatic rings. The Labute approximate surface area is 95.3 Å². The number of rotatable bonds is 0. The topological polar surface area (TPSA) is 37.3 Å². The summed E-state index contributed by atoms with van der Waals surface area (Å²) in [5.41, 5.74) is 2.12. The Hall–Kier alpha value is -1.31. The Morgan fingerprint density at radius 2 is 2.06 bits per heavy atom. The van der Waals surface area contributed by atoms with Crippen molar-refractivity contribution < 1.29 is 9.90 Å². The van der Waals surface area contributed by atoms with Crippen LogP contribution in [0.3, 0.4) is 0 Å². The molecule has 2 aliphatic carbocycles. The number of ketones is 1. The summed E-state index contributed by atoms with van der Waals surface area (Å²) in [5.74, 6) is 1.03. The van der Waals surface area contributed by atoms with Gasteiger partial charge in [-0.15, -0.1) is 0 Å². The molecule has 0 aromatic heterocycles. The minimum Gasteiger partial charge on any atom is -0.508 e. The van der Waals surface area contributed by atoms with Crippen molar-refractivity contribution in [1.82, 2.24) is 0 Å². The van der Waals surface area contributed by atoms with E-state index in [1.807, 2.05) is 6.07 Å². The third-order valence-electron chi connectivity index (χ3n) is 4.01. The third kappa shape index (κ3) is 1.29. The number of carbonyl (C=O) groups excluding carboxylic acids is 1. The largest absolute Gasteiger partial charge is 0.508 e. The van der Waals surface area contributed by atoms with Gasteiger partial charge in [0.15, 0.2) is 0 Å². The minimum absolute atomic E-state index is 0.00324. The molecule has 1 saturated carbocycles. The predicted molar refractivity (Wildman–Crippen MR) is 61.7 cm³/mol. The molecule has 2 aliphatic rings. The van der Waals surface area contributed by atoms with Gasteiger partial charge in [-0.05, 0) is 30.4 Å². The number of aromatic hydroxyl groups is 1. The summed E-state index contributed by atoms with van der Waals surface area (Å²) in [7, 11) is 0. The van der Waals surface area contributed by atoms with Crippen molar-refractivity contribution in [2.75, 3.05) is 0 Å². The SMILES string of the molecule is O=C1CCCCCC2c3cccc(O)c3C12. The first-order chi connectivity index (χ1) is 7.79. The van der Waals surface area contributed by atoms with Crippen LogP contribution in [0.15, 0.2) is 18.2 Å². The molecule has 0 bridgehead atoms. The second kappa shape index (κ2) is 3.62. The first-order valence-corrected chi connectivity index (χ1v) is 6.13. The Morgan fingerprint density at radius 3 is 2.94 bits per heavy atom. The van der Waals surface area contributed by atoms with E-state index in [9.17, 15) is 9.90 Å². The van der Waals surface area contributed by atoms with Crippen molar-refractivity contribution in [1.29, 1.82) is 0 Å². The van der Waals surface area contributed by atoms with E-state index in [1.54, 1.807) is 6.07 Å². The standard InChI is InChI=1S/C14H16O2/c15-11-7-3-1-2-5-9-10-6-4-8-12(16)14(10)13(9)11/h4,6,8-9,13,16H,1-3,5,7H2. The average Bonchev–Trinajstić information content (AvgIpc) is 2.23. The van der Waals surface area contributed by atoms with Crippen LogP contribution in [0.1, 0.15) is 55.1 Å². The summed E-state index contributed by atoms with van der Waals surface area (Å²) in [5, 5.41) is 9.82. The fraction of sp³-hybridized carbons (Fsp3) is 0.500. The highest BCUT2D eigenvalue weighted by Gasteiger charge is 2.43. The molecule has 2 nitrogen and oxygen atoms in total. The lowest BCUT2D eigenvalue weighted by Gasteiger charge is -2.40. The number of benzene rings is 1. The van der Waals surface area contributed by atoms with Crippen LogP contribution < -0.4 is 0 Å². The van der Waals surface area contributed by atoms with Gasteiger partial charge in [-0.3, -0.25) is 4.79 Å². The van der Waals surface area contributed by atoms with Gasteiger partial charge in [0.1, 0.15) is 11.5 Å². The van der Waals surface area contributed by atoms with Crippen molar-refractivity contribution >= 4 is 5.78 Å². The molecule has 0 heterocycles. The molecule has 1 aromatic carbocycles. The highest BCUT2D eigenvalue weighted by atomic mass is 16.3. The zero-order valence-corrected chi connectivity index (χ0v) is 9.28. The molecule has 0 saturated heterocycles. The van der Waals surface area contributed by atoms with Gasteiger partial charge in [0, 0.05) is 12.0 Å². The highest BCUT2D eigenvalue weighted by Crippen LogP contribution is 2.54. The lowest BCUT2D eigenvalue weighted by molar-refractivity contribution is -0.122. The van der Waals surface area contributed by atoms with Crippen LogP contribution in [0, 0.1) is 0 Å². The van der Waals surface area contributed by atoms with E-state index in [4.69, 9.17) is 0 Å². The smallest absolute Gasteiger partial charge is 0.141 e. The van der Waals surface area contributed by atoms with E-state index < -0.39 is 0 Å². The number of phenolic OH excluding ortho intramolecular Hbond substituents is 1. The monoisotopic (exact) mass is 216 g/mol. The summed E-state index contributed by atoms with van der Waals surface area (Å²) >= 11 is 0. The molecule has 0 aliphatic heterocycles. The molecule has 84 valence electrons. The molecule has 0 spiro atoms. The fourth-order valence-corrected chi connectivity index (χ4v) is 3.22. The number of fused-ring (bicyclic) bond motifs is 4. The Balaban J connectivity index is 2.02. The van der Waals surface area contributed by atoms with Crippen LogP contribution in [0.2, 0.25) is 0 Å². The van der Waals surface area contributed by atoms with Gasteiger partial charge in [0.05, 0.1) is 5.92 Å². The van der Waals surface area contributed by atoms with Crippen LogP contribution in [0.4, 0.5) is 0 Å². The van der Waals surface area contributed by atoms with E-state index in [1.165, 1.54) is 18.4 Å². The molecule has 2 atom stereocenters. The molecule has 3 rings (SSSR count). The first kappa shape index (κ1) is 9.88. The quantitative estimate of drug-likeness (QED) is 0.723. The van der Waals surface area contributed by atoms with Crippen LogP contribution in [-0.2, 0) is 4.79 Å². The fourth-order valence-electron chi connectivity index (χ4n) is 3.22. The van der Waals surface area contributed by atoms with Crippen LogP contribution in [-0.4, -0.2) is 10.9 Å². The Bertz CT molecular complexity index is 436. The second-order valence-electron chi connectivity index (χ2n) is 4.93. The van der Waals surface area contributed by atoms with Gasteiger partial charge in [-0.25, -0.2) is 0 Å². The number of phenols is 1. The molecule has 2 heteroatoms. The maximum atomic E-state index is 12.0. The van der Waals surface area contributed by atoms with Crippen LogP contribution in [0.5, 0.6) is 5.75 Å². The lowest BCUT2D eigenvalue weighted by atomic mass is 9.62. The maximum absolute atomic E-state index is 12.0. The second-order valence-corrected chi connectivity index (χ2v) is 4.93. The summed E-state index contributed by atoms with van der Waals surface area (Å²) in [6.07, 6.45) is 5.19. The first-order valence-electron chi connectivity index (χ1n) is 6.13. The van der Waals surface area contributed by atoms with E-state index >= 15 is 0 Å². The van der Waals surface area contributed by atoms with E-state index in [0.29, 0.717) is 23.9 Å². The van der Waals surface area contributed by atoms with Crippen molar-refractivity contribution in [3.8, 4) is 5.75 Å². The molecule has 0 amide bonds. The van der Waals surface area contributed by atoms with Gasteiger partial charge < -0.3 is 5.11 Å². The van der Waals surface area contributed by atoms with Crippen molar-refractivity contribution in [3.63, 3.8) is 0 Å². The number of hydrogen-bond acceptors (Lipinski definition) is 2. The van der Waals surface area contributed by atoms with E-state index in [-0.39, 0.29) is 5.92 Å². The van der Waals surface area contributed by atoms with Gasteiger partial charge in [0.25, 0.3) is 0 Å². The molecular weight excluding hydrogens is 200 g/mol. The number of carbonyl (C=O) groups is 1. The molecule has 1 N–H and O–H groups in total. The van der Waals surface area contributed by atoms with Gasteiger partial charge in [-0.1, -0.05) is 25.0 Å². The highest BCUT2D eigenvalue weighted by molar-refractivity contribution is 5.91. The Morgan fingerprint density at radius 1 is 1.19 bits per heavy atom. The summed E-state index contributed by atoms with van der Waals surface area (Å²) in [6, 6.07) is 5.64. The zero-order chi connectivity index (χ0) is 11.1. The molecule has 2 unspecified atom stereocenters. The number of hydrogen-bond donors (Lipinski definition) is 1. The maximum Gasteiger partial charge on any atom is 0.141 e. The van der Waals surface area contributed by atoms with Gasteiger partial charge in [-0.2, -0.15) is 0 Å². The van der Waals surface area contributed by atoms with E-state index in [0.717, 1.165) is 18.4 Å². The zero-order valence-electron chi connectivity index (χ0n) is 9.28. The predicted octanol–water partition coefficient (Wildman–Crippen LogP) is 3.11. The Kier molecular flexibility index (Phi) is 2.23. The van der Waals surface area contributed by atoms with E-state index in [2.05, 4.69) is 6.07 Å². The lowest BCUT2D eigenvalue weighted by Crippen LogP contribution is -2.32. The molecule has 16 heavy (non-hydrogen) atoms.